The van der Waals surface area contributed by atoms with Gasteiger partial charge in [0.1, 0.15) is 5.82 Å². The molecule has 6 N–H and O–H groups in total. The van der Waals surface area contributed by atoms with Gasteiger partial charge in [-0.2, -0.15) is 0 Å². The number of rotatable bonds is 5. The van der Waals surface area contributed by atoms with Crippen LogP contribution in [0.5, 0.6) is 0 Å². The van der Waals surface area contributed by atoms with E-state index in [0.717, 1.165) is 27.7 Å². The summed E-state index contributed by atoms with van der Waals surface area (Å²) in [5, 5.41) is 3.96. The van der Waals surface area contributed by atoms with Crippen LogP contribution in [-0.2, 0) is 17.8 Å². The lowest BCUT2D eigenvalue weighted by Crippen LogP contribution is -2.41. The maximum absolute atomic E-state index is 12.3. The first-order chi connectivity index (χ1) is 11.5. The van der Waals surface area contributed by atoms with Crippen molar-refractivity contribution in [3.63, 3.8) is 0 Å². The molecule has 0 aliphatic carbocycles. The van der Waals surface area contributed by atoms with Gasteiger partial charge in [-0.3, -0.25) is 4.79 Å². The summed E-state index contributed by atoms with van der Waals surface area (Å²) in [7, 11) is 0. The number of nitrogens with zero attached hydrogens (tertiary/aromatic N) is 1. The van der Waals surface area contributed by atoms with Crippen LogP contribution in [0, 0.1) is 6.92 Å². The molecular weight excluding hydrogens is 302 g/mol. The number of para-hydroxylation sites is 1. The van der Waals surface area contributed by atoms with Crippen molar-refractivity contribution < 1.29 is 4.79 Å². The highest BCUT2D eigenvalue weighted by atomic mass is 16.2. The number of nitrogen functional groups attached to an aromatic ring is 1. The largest absolute Gasteiger partial charge is 0.384 e. The van der Waals surface area contributed by atoms with Crippen molar-refractivity contribution in [3.05, 3.63) is 59.4 Å². The predicted octanol–water partition coefficient (Wildman–Crippen LogP) is 1.64. The molecule has 0 saturated carbocycles. The molecule has 24 heavy (non-hydrogen) atoms. The van der Waals surface area contributed by atoms with Crippen molar-refractivity contribution in [2.45, 2.75) is 25.9 Å². The highest BCUT2D eigenvalue weighted by Crippen LogP contribution is 2.18. The van der Waals surface area contributed by atoms with E-state index in [9.17, 15) is 4.79 Å². The van der Waals surface area contributed by atoms with Gasteiger partial charge in [0.25, 0.3) is 0 Å². The molecule has 2 heterocycles. The van der Waals surface area contributed by atoms with E-state index in [0.29, 0.717) is 18.8 Å². The summed E-state index contributed by atoms with van der Waals surface area (Å²) < 4.78 is 0. The molecule has 0 radical (unpaired) electrons. The van der Waals surface area contributed by atoms with Crippen molar-refractivity contribution in [2.75, 3.05) is 5.73 Å². The highest BCUT2D eigenvalue weighted by Gasteiger charge is 2.16. The van der Waals surface area contributed by atoms with E-state index in [1.165, 1.54) is 0 Å². The zero-order valence-corrected chi connectivity index (χ0v) is 13.5. The van der Waals surface area contributed by atoms with E-state index >= 15 is 0 Å². The Labute approximate surface area is 140 Å². The van der Waals surface area contributed by atoms with E-state index in [2.05, 4.69) is 15.3 Å². The molecule has 0 aliphatic heterocycles. The number of fused-ring (bicyclic) bond motifs is 1. The number of hydrogen-bond donors (Lipinski definition) is 4. The summed E-state index contributed by atoms with van der Waals surface area (Å²) in [6.45, 7) is 2.25. The van der Waals surface area contributed by atoms with Gasteiger partial charge in [0.2, 0.25) is 5.91 Å². The molecule has 0 fully saturated rings. The predicted molar refractivity (Wildman–Crippen MR) is 95.2 cm³/mol. The van der Waals surface area contributed by atoms with E-state index in [1.54, 1.807) is 6.07 Å². The Morgan fingerprint density at radius 1 is 1.25 bits per heavy atom. The first-order valence-electron chi connectivity index (χ1n) is 7.85. The molecule has 6 heteroatoms. The number of benzene rings is 1. The molecule has 0 unspecified atom stereocenters. The third kappa shape index (κ3) is 3.38. The maximum Gasteiger partial charge on any atom is 0.237 e. The van der Waals surface area contributed by atoms with Crippen LogP contribution in [0.4, 0.5) is 5.82 Å². The van der Waals surface area contributed by atoms with Crippen molar-refractivity contribution in [1.82, 2.24) is 15.3 Å². The van der Waals surface area contributed by atoms with Gasteiger partial charge in [-0.1, -0.05) is 24.3 Å². The first-order valence-corrected chi connectivity index (χ1v) is 7.85. The summed E-state index contributed by atoms with van der Waals surface area (Å²) in [4.78, 5) is 19.6. The first kappa shape index (κ1) is 16.0. The van der Waals surface area contributed by atoms with Crippen LogP contribution in [0.1, 0.15) is 16.8 Å². The Morgan fingerprint density at radius 2 is 2.04 bits per heavy atom. The Hall–Kier alpha value is -2.86. The number of carbonyl (C=O) groups excluding carboxylic acids is 1. The number of pyridine rings is 1. The minimum absolute atomic E-state index is 0.184. The van der Waals surface area contributed by atoms with Gasteiger partial charge in [0.15, 0.2) is 0 Å². The number of aromatic nitrogens is 2. The van der Waals surface area contributed by atoms with Gasteiger partial charge in [-0.25, -0.2) is 4.98 Å². The summed E-state index contributed by atoms with van der Waals surface area (Å²) in [6, 6.07) is 11.0. The van der Waals surface area contributed by atoms with Crippen molar-refractivity contribution in [3.8, 4) is 0 Å². The molecular formula is C18H21N5O. The zero-order chi connectivity index (χ0) is 17.1. The van der Waals surface area contributed by atoms with Crippen LogP contribution in [-0.4, -0.2) is 21.9 Å². The van der Waals surface area contributed by atoms with Crippen LogP contribution in [0.25, 0.3) is 10.9 Å². The maximum atomic E-state index is 12.3. The second-order valence-corrected chi connectivity index (χ2v) is 5.87. The molecule has 6 nitrogen and oxygen atoms in total. The molecule has 1 aromatic carbocycles. The fourth-order valence-electron chi connectivity index (χ4n) is 2.74. The number of aromatic amines is 1. The van der Waals surface area contributed by atoms with Crippen molar-refractivity contribution in [1.29, 1.82) is 0 Å². The van der Waals surface area contributed by atoms with Gasteiger partial charge < -0.3 is 21.8 Å². The van der Waals surface area contributed by atoms with E-state index in [4.69, 9.17) is 11.5 Å². The van der Waals surface area contributed by atoms with E-state index < -0.39 is 6.04 Å². The number of hydrogen-bond acceptors (Lipinski definition) is 4. The minimum atomic E-state index is -0.605. The Balaban J connectivity index is 1.62. The molecule has 0 bridgehead atoms. The van der Waals surface area contributed by atoms with E-state index in [-0.39, 0.29) is 5.91 Å². The molecule has 3 aromatic rings. The van der Waals surface area contributed by atoms with Crippen LogP contribution in [0.3, 0.4) is 0 Å². The summed E-state index contributed by atoms with van der Waals surface area (Å²) >= 11 is 0. The number of carbonyl (C=O) groups is 1. The molecule has 1 atom stereocenters. The van der Waals surface area contributed by atoms with Crippen molar-refractivity contribution >= 4 is 22.6 Å². The minimum Gasteiger partial charge on any atom is -0.384 e. The lowest BCUT2D eigenvalue weighted by atomic mass is 10.0. The summed E-state index contributed by atoms with van der Waals surface area (Å²) in [5.41, 5.74) is 15.5. The lowest BCUT2D eigenvalue weighted by Gasteiger charge is -2.13. The number of amides is 1. The average molecular weight is 323 g/mol. The SMILES string of the molecule is Cc1nc(N)ccc1CNC(=O)[C@@H](N)Cc1c[nH]c2ccccc12. The zero-order valence-electron chi connectivity index (χ0n) is 13.5. The molecule has 0 aliphatic rings. The number of nitrogens with two attached hydrogens (primary N) is 2. The summed E-state index contributed by atoms with van der Waals surface area (Å²) in [5.74, 6) is 0.287. The smallest absolute Gasteiger partial charge is 0.237 e. The fourth-order valence-corrected chi connectivity index (χ4v) is 2.74. The standard InChI is InChI=1S/C18H21N5O/c1-11-12(6-7-17(20)23-11)9-22-18(24)15(19)8-13-10-21-16-5-3-2-4-14(13)16/h2-7,10,15,21H,8-9,19H2,1H3,(H2,20,23)(H,22,24)/t15-/m0/s1. The third-order valence-corrected chi connectivity index (χ3v) is 4.12. The Morgan fingerprint density at radius 3 is 2.83 bits per heavy atom. The van der Waals surface area contributed by atoms with E-state index in [1.807, 2.05) is 43.5 Å². The van der Waals surface area contributed by atoms with Gasteiger partial charge in [0.05, 0.1) is 6.04 Å². The van der Waals surface area contributed by atoms with Gasteiger partial charge >= 0.3 is 0 Å². The molecule has 1 amide bonds. The molecule has 2 aromatic heterocycles. The molecule has 0 spiro atoms. The van der Waals surface area contributed by atoms with Crippen LogP contribution in [0.15, 0.2) is 42.6 Å². The van der Waals surface area contributed by atoms with Gasteiger partial charge in [0, 0.05) is 29.3 Å². The third-order valence-electron chi connectivity index (χ3n) is 4.12. The lowest BCUT2D eigenvalue weighted by molar-refractivity contribution is -0.122. The second kappa shape index (κ2) is 6.72. The molecule has 0 saturated heterocycles. The number of nitrogens with one attached hydrogen (secondary N) is 2. The number of anilines is 1. The Kier molecular flexibility index (Phi) is 4.48. The van der Waals surface area contributed by atoms with Crippen molar-refractivity contribution in [2.24, 2.45) is 5.73 Å². The normalized spacial score (nSPS) is 12.2. The quantitative estimate of drug-likeness (QED) is 0.572. The Bertz CT molecular complexity index is 871. The fraction of sp³-hybridized carbons (Fsp3) is 0.222. The molecule has 124 valence electrons. The summed E-state index contributed by atoms with van der Waals surface area (Å²) in [6.07, 6.45) is 2.39. The monoisotopic (exact) mass is 323 g/mol. The van der Waals surface area contributed by atoms with Crippen LogP contribution < -0.4 is 16.8 Å². The van der Waals surface area contributed by atoms with Crippen LogP contribution >= 0.6 is 0 Å². The highest BCUT2D eigenvalue weighted by molar-refractivity contribution is 5.86. The second-order valence-electron chi connectivity index (χ2n) is 5.87. The van der Waals surface area contributed by atoms with Gasteiger partial charge in [-0.15, -0.1) is 0 Å². The topological polar surface area (TPSA) is 110 Å². The average Bonchev–Trinajstić information content (AvgIpc) is 2.97. The molecule has 3 rings (SSSR count). The number of aryl methyl sites for hydroxylation is 1. The van der Waals surface area contributed by atoms with Crippen LogP contribution in [0.2, 0.25) is 0 Å². The van der Waals surface area contributed by atoms with Gasteiger partial charge in [-0.05, 0) is 36.6 Å². The number of H-pyrrole nitrogens is 1.